The Balaban J connectivity index is 0.803. The number of fused-ring (bicyclic) bond motifs is 2. The van der Waals surface area contributed by atoms with E-state index in [9.17, 15) is 14.7 Å². The fourth-order valence-corrected chi connectivity index (χ4v) is 9.66. The molecule has 8 heteroatoms. The van der Waals surface area contributed by atoms with Crippen molar-refractivity contribution in [1.82, 2.24) is 15.1 Å². The van der Waals surface area contributed by atoms with E-state index in [1.807, 2.05) is 18.2 Å². The Kier molecular flexibility index (Phi) is 10.7. The molecule has 1 aliphatic carbocycles. The Labute approximate surface area is 325 Å². The minimum absolute atomic E-state index is 0.0504. The first-order valence-electron chi connectivity index (χ1n) is 20.3. The molecule has 0 spiro atoms. The average Bonchev–Trinajstić information content (AvgIpc) is 3.51. The number of rotatable bonds is 11. The Morgan fingerprint density at radius 1 is 0.818 bits per heavy atom. The summed E-state index contributed by atoms with van der Waals surface area (Å²) in [6, 6.07) is 32.0. The zero-order valence-electron chi connectivity index (χ0n) is 32.3. The van der Waals surface area contributed by atoms with Crippen molar-refractivity contribution in [2.45, 2.75) is 95.3 Å². The topological polar surface area (TPSA) is 85.4 Å². The number of piperidine rings is 1. The van der Waals surface area contributed by atoms with Crippen LogP contribution in [0.1, 0.15) is 102 Å². The van der Waals surface area contributed by atoms with E-state index >= 15 is 0 Å². The van der Waals surface area contributed by atoms with Crippen LogP contribution in [0.3, 0.4) is 0 Å². The highest BCUT2D eigenvalue weighted by Crippen LogP contribution is 2.47. The number of benzene rings is 4. The summed E-state index contributed by atoms with van der Waals surface area (Å²) in [5, 5.41) is 13.0. The molecule has 4 aromatic rings. The van der Waals surface area contributed by atoms with Crippen LogP contribution < -0.4 is 15.0 Å². The normalized spacial score (nSPS) is 24.0. The van der Waals surface area contributed by atoms with Crippen molar-refractivity contribution in [2.24, 2.45) is 0 Å². The molecular formula is C47H54N4O4. The molecule has 0 aromatic heterocycles. The molecule has 0 radical (unpaired) electrons. The van der Waals surface area contributed by atoms with Crippen molar-refractivity contribution in [3.63, 3.8) is 0 Å². The van der Waals surface area contributed by atoms with E-state index in [-0.39, 0.29) is 17.7 Å². The number of anilines is 1. The number of phenolic OH excluding ortho intramolecular Hbond substituents is 1. The molecule has 2 saturated heterocycles. The Bertz CT molecular complexity index is 2020. The van der Waals surface area contributed by atoms with Crippen LogP contribution in [0.4, 0.5) is 5.69 Å². The third-order valence-corrected chi connectivity index (χ3v) is 12.5. The number of hydrogen-bond acceptors (Lipinski definition) is 6. The molecule has 3 heterocycles. The van der Waals surface area contributed by atoms with Gasteiger partial charge in [-0.2, -0.15) is 0 Å². The SMILES string of the molecule is C=C1CCC(N2Cc3cc(N4C[C@@H](C)N(CCCCCOc5ccc([C@@H]6c7ccc(O)cc7CC[C@@H]6c6ccccc6)cc5)[C@@H](C)C4)ccc3C2=O)C(=O)N1. The summed E-state index contributed by atoms with van der Waals surface area (Å²) in [6.45, 7) is 12.6. The number of nitrogens with zero attached hydrogens (tertiary/aromatic N) is 3. The van der Waals surface area contributed by atoms with Crippen molar-refractivity contribution in [1.29, 1.82) is 0 Å². The van der Waals surface area contributed by atoms with Crippen molar-refractivity contribution in [2.75, 3.05) is 31.1 Å². The smallest absolute Gasteiger partial charge is 0.255 e. The first-order chi connectivity index (χ1) is 26.7. The number of allylic oxidation sites excluding steroid dienone is 1. The number of aromatic hydroxyl groups is 1. The molecule has 8 rings (SSSR count). The summed E-state index contributed by atoms with van der Waals surface area (Å²) >= 11 is 0. The van der Waals surface area contributed by atoms with Gasteiger partial charge >= 0.3 is 0 Å². The lowest BCUT2D eigenvalue weighted by Crippen LogP contribution is -2.57. The third kappa shape index (κ3) is 7.75. The lowest BCUT2D eigenvalue weighted by Gasteiger charge is -2.45. The van der Waals surface area contributed by atoms with Crippen LogP contribution in [0.2, 0.25) is 0 Å². The molecule has 4 aromatic carbocycles. The highest BCUT2D eigenvalue weighted by atomic mass is 16.5. The first-order valence-corrected chi connectivity index (χ1v) is 20.3. The molecule has 0 bridgehead atoms. The Morgan fingerprint density at radius 2 is 1.60 bits per heavy atom. The van der Waals surface area contributed by atoms with Gasteiger partial charge in [-0.15, -0.1) is 0 Å². The highest BCUT2D eigenvalue weighted by Gasteiger charge is 2.39. The third-order valence-electron chi connectivity index (χ3n) is 12.5. The van der Waals surface area contributed by atoms with Gasteiger partial charge < -0.3 is 25.0 Å². The van der Waals surface area contributed by atoms with Crippen LogP contribution >= 0.6 is 0 Å². The molecule has 2 N–H and O–H groups in total. The van der Waals surface area contributed by atoms with E-state index in [4.69, 9.17) is 4.74 Å². The zero-order chi connectivity index (χ0) is 38.1. The standard InChI is InChI=1S/C47H54N4O4/c1-31-12-23-44(46(53)48-31)51-30-37-26-38(16-21-43(37)47(51)54)49-28-32(2)50(33(3)29-49)24-8-5-9-25-55-40-18-13-35(14-19-40)45-41(34-10-6-4-7-11-34)20-15-36-27-39(52)17-22-42(36)45/h4,6-7,10-11,13-14,16-19,21-22,26-27,32-33,41,44-45,52H,1,5,8-9,12,15,20,23-25,28-30H2,2-3H3,(H,48,53)/t32-,33+,41-,44?,45+/m1/s1. The number of amides is 2. The van der Waals surface area contributed by atoms with Crippen LogP contribution in [0.15, 0.2) is 103 Å². The predicted molar refractivity (Wildman–Crippen MR) is 218 cm³/mol. The number of phenols is 1. The molecule has 8 nitrogen and oxygen atoms in total. The van der Waals surface area contributed by atoms with Gasteiger partial charge in [-0.25, -0.2) is 0 Å². The molecule has 1 unspecified atom stereocenters. The van der Waals surface area contributed by atoms with Crippen LogP contribution in [0.5, 0.6) is 11.5 Å². The number of aryl methyl sites for hydroxylation is 1. The molecular weight excluding hydrogens is 685 g/mol. The van der Waals surface area contributed by atoms with Crippen LogP contribution in [-0.2, 0) is 17.8 Å². The quantitative estimate of drug-likeness (QED) is 0.151. The van der Waals surface area contributed by atoms with Crippen LogP contribution in [0.25, 0.3) is 0 Å². The van der Waals surface area contributed by atoms with E-state index in [2.05, 4.69) is 108 Å². The van der Waals surface area contributed by atoms with Crippen molar-refractivity contribution in [3.05, 3.63) is 137 Å². The van der Waals surface area contributed by atoms with Gasteiger partial charge in [0.05, 0.1) is 6.61 Å². The molecule has 2 amide bonds. The van der Waals surface area contributed by atoms with Gasteiger partial charge in [0.2, 0.25) is 5.91 Å². The maximum absolute atomic E-state index is 13.2. The Hall–Kier alpha value is -5.08. The summed E-state index contributed by atoms with van der Waals surface area (Å²) in [7, 11) is 0. The van der Waals surface area contributed by atoms with E-state index in [1.54, 1.807) is 4.90 Å². The number of carbonyl (C=O) groups excluding carboxylic acids is 2. The van der Waals surface area contributed by atoms with Gasteiger partial charge in [0.15, 0.2) is 0 Å². The summed E-state index contributed by atoms with van der Waals surface area (Å²) in [6.07, 6.45) is 6.60. The summed E-state index contributed by atoms with van der Waals surface area (Å²) in [4.78, 5) is 32.7. The van der Waals surface area contributed by atoms with Gasteiger partial charge in [-0.05, 0) is 142 Å². The predicted octanol–water partition coefficient (Wildman–Crippen LogP) is 8.15. The fourth-order valence-electron chi connectivity index (χ4n) is 9.66. The average molecular weight is 739 g/mol. The first kappa shape index (κ1) is 36.9. The van der Waals surface area contributed by atoms with Crippen molar-refractivity contribution < 1.29 is 19.4 Å². The molecule has 3 aliphatic heterocycles. The van der Waals surface area contributed by atoms with Crippen LogP contribution in [-0.4, -0.2) is 71.1 Å². The summed E-state index contributed by atoms with van der Waals surface area (Å²) in [5.41, 5.74) is 8.80. The monoisotopic (exact) mass is 738 g/mol. The Morgan fingerprint density at radius 3 is 2.36 bits per heavy atom. The van der Waals surface area contributed by atoms with E-state index < -0.39 is 6.04 Å². The molecule has 55 heavy (non-hydrogen) atoms. The van der Waals surface area contributed by atoms with Gasteiger partial charge in [-0.3, -0.25) is 14.5 Å². The van der Waals surface area contributed by atoms with E-state index in [0.29, 0.717) is 55.3 Å². The minimum Gasteiger partial charge on any atom is -0.508 e. The summed E-state index contributed by atoms with van der Waals surface area (Å²) in [5.74, 6) is 1.69. The maximum atomic E-state index is 13.2. The molecule has 0 saturated carbocycles. The zero-order valence-corrected chi connectivity index (χ0v) is 32.3. The number of nitrogens with one attached hydrogen (secondary N) is 1. The van der Waals surface area contributed by atoms with Gasteiger partial charge in [0.1, 0.15) is 17.5 Å². The number of ether oxygens (including phenoxy) is 1. The van der Waals surface area contributed by atoms with Gasteiger partial charge in [-0.1, -0.05) is 55.1 Å². The molecule has 2 fully saturated rings. The number of piperazine rings is 1. The minimum atomic E-state index is -0.437. The van der Waals surface area contributed by atoms with Gasteiger partial charge in [0.25, 0.3) is 5.91 Å². The van der Waals surface area contributed by atoms with Crippen molar-refractivity contribution in [3.8, 4) is 11.5 Å². The molecule has 286 valence electrons. The number of unbranched alkanes of at least 4 members (excludes halogenated alkanes) is 2. The maximum Gasteiger partial charge on any atom is 0.255 e. The largest absolute Gasteiger partial charge is 0.508 e. The second kappa shape index (κ2) is 16.0. The molecule has 5 atom stereocenters. The van der Waals surface area contributed by atoms with E-state index in [0.717, 1.165) is 74.4 Å². The fraction of sp³-hybridized carbons (Fsp3) is 0.404. The van der Waals surface area contributed by atoms with Crippen LogP contribution in [0, 0.1) is 0 Å². The van der Waals surface area contributed by atoms with Gasteiger partial charge in [0, 0.05) is 54.6 Å². The highest BCUT2D eigenvalue weighted by molar-refractivity contribution is 6.01. The number of carbonyl (C=O) groups is 2. The lowest BCUT2D eigenvalue weighted by atomic mass is 9.69. The van der Waals surface area contributed by atoms with E-state index in [1.165, 1.54) is 22.3 Å². The summed E-state index contributed by atoms with van der Waals surface area (Å²) < 4.78 is 6.23. The second-order valence-corrected chi connectivity index (χ2v) is 16.2. The number of hydrogen-bond donors (Lipinski definition) is 2. The lowest BCUT2D eigenvalue weighted by molar-refractivity contribution is -0.126. The second-order valence-electron chi connectivity index (χ2n) is 16.2. The van der Waals surface area contributed by atoms with Crippen molar-refractivity contribution >= 4 is 17.5 Å². The molecule has 4 aliphatic rings.